The fourth-order valence-electron chi connectivity index (χ4n) is 2.09. The van der Waals surface area contributed by atoms with Gasteiger partial charge >= 0.3 is 5.97 Å². The summed E-state index contributed by atoms with van der Waals surface area (Å²) >= 11 is 0. The predicted molar refractivity (Wildman–Crippen MR) is 80.3 cm³/mol. The maximum atomic E-state index is 10.5. The van der Waals surface area contributed by atoms with Crippen molar-refractivity contribution in [3.05, 3.63) is 60.7 Å². The molecule has 0 radical (unpaired) electrons. The Bertz CT molecular complexity index is 781. The third-order valence-corrected chi connectivity index (χ3v) is 3.11. The van der Waals surface area contributed by atoms with E-state index >= 15 is 0 Å². The summed E-state index contributed by atoms with van der Waals surface area (Å²) < 4.78 is 5.11. The molecule has 1 heterocycles. The molecule has 3 rings (SSSR count). The molecule has 4 nitrogen and oxygen atoms in total. The van der Waals surface area contributed by atoms with Crippen LogP contribution in [0.25, 0.3) is 22.2 Å². The third kappa shape index (κ3) is 3.00. The van der Waals surface area contributed by atoms with Gasteiger partial charge in [-0.1, -0.05) is 24.3 Å². The molecule has 21 heavy (non-hydrogen) atoms. The zero-order valence-corrected chi connectivity index (χ0v) is 11.2. The van der Waals surface area contributed by atoms with Crippen molar-refractivity contribution in [1.29, 1.82) is 0 Å². The molecule has 0 aliphatic heterocycles. The average Bonchev–Trinajstić information content (AvgIpc) is 2.53. The lowest BCUT2D eigenvalue weighted by Crippen LogP contribution is -2.09. The van der Waals surface area contributed by atoms with Crippen LogP contribution in [0.2, 0.25) is 0 Å². The number of nitrogens with zero attached hydrogens (tertiary/aromatic N) is 1. The standard InChI is InChI=1S/C17H13NO3/c19-17(20)11-21-14-8-5-13(6-9-14)16-10-7-12-3-1-2-4-15(12)18-16/h1-10H,11H2,(H,19,20). The van der Waals surface area contributed by atoms with Gasteiger partial charge < -0.3 is 9.84 Å². The van der Waals surface area contributed by atoms with Crippen molar-refractivity contribution >= 4 is 16.9 Å². The minimum Gasteiger partial charge on any atom is -0.482 e. The van der Waals surface area contributed by atoms with Gasteiger partial charge in [-0.15, -0.1) is 0 Å². The molecule has 1 N–H and O–H groups in total. The van der Waals surface area contributed by atoms with Crippen LogP contribution in [0.5, 0.6) is 5.75 Å². The molecule has 0 amide bonds. The highest BCUT2D eigenvalue weighted by molar-refractivity contribution is 5.81. The number of fused-ring (bicyclic) bond motifs is 1. The normalized spacial score (nSPS) is 10.5. The van der Waals surface area contributed by atoms with E-state index in [0.717, 1.165) is 22.2 Å². The highest BCUT2D eigenvalue weighted by Gasteiger charge is 2.03. The van der Waals surface area contributed by atoms with Gasteiger partial charge in [0.25, 0.3) is 0 Å². The van der Waals surface area contributed by atoms with E-state index in [1.165, 1.54) is 0 Å². The van der Waals surface area contributed by atoms with Crippen LogP contribution in [0.1, 0.15) is 0 Å². The summed E-state index contributed by atoms with van der Waals surface area (Å²) in [5.41, 5.74) is 2.78. The Morgan fingerprint density at radius 3 is 2.52 bits per heavy atom. The quantitative estimate of drug-likeness (QED) is 0.795. The Morgan fingerprint density at radius 2 is 1.76 bits per heavy atom. The summed E-state index contributed by atoms with van der Waals surface area (Å²) in [6.07, 6.45) is 0. The second kappa shape index (κ2) is 5.63. The number of benzene rings is 2. The smallest absolute Gasteiger partial charge is 0.341 e. The van der Waals surface area contributed by atoms with Gasteiger partial charge in [0.1, 0.15) is 5.75 Å². The first-order chi connectivity index (χ1) is 10.2. The topological polar surface area (TPSA) is 59.4 Å². The van der Waals surface area contributed by atoms with Crippen LogP contribution in [0, 0.1) is 0 Å². The van der Waals surface area contributed by atoms with Gasteiger partial charge in [-0.3, -0.25) is 0 Å². The number of carbonyl (C=O) groups is 1. The Morgan fingerprint density at radius 1 is 1.00 bits per heavy atom. The minimum atomic E-state index is -0.990. The van der Waals surface area contributed by atoms with E-state index in [1.807, 2.05) is 48.5 Å². The average molecular weight is 279 g/mol. The molecule has 0 spiro atoms. The molecular weight excluding hydrogens is 266 g/mol. The second-order valence-corrected chi connectivity index (χ2v) is 4.60. The molecule has 3 aromatic rings. The zero-order chi connectivity index (χ0) is 14.7. The first-order valence-corrected chi connectivity index (χ1v) is 6.53. The van der Waals surface area contributed by atoms with Crippen LogP contribution in [0.15, 0.2) is 60.7 Å². The molecule has 2 aromatic carbocycles. The van der Waals surface area contributed by atoms with Crippen molar-refractivity contribution in [2.45, 2.75) is 0 Å². The number of carboxylic acid groups (broad SMARTS) is 1. The van der Waals surface area contributed by atoms with E-state index in [0.29, 0.717) is 5.75 Å². The first kappa shape index (κ1) is 13.1. The van der Waals surface area contributed by atoms with E-state index < -0.39 is 5.97 Å². The van der Waals surface area contributed by atoms with Gasteiger partial charge in [0.05, 0.1) is 11.2 Å². The molecule has 0 aliphatic carbocycles. The molecule has 1 aromatic heterocycles. The number of ether oxygens (including phenoxy) is 1. The first-order valence-electron chi connectivity index (χ1n) is 6.53. The van der Waals surface area contributed by atoms with E-state index in [9.17, 15) is 4.79 Å². The lowest BCUT2D eigenvalue weighted by molar-refractivity contribution is -0.139. The van der Waals surface area contributed by atoms with Gasteiger partial charge in [-0.25, -0.2) is 9.78 Å². The number of carboxylic acids is 1. The molecule has 0 bridgehead atoms. The van der Waals surface area contributed by atoms with Crippen LogP contribution < -0.4 is 4.74 Å². The minimum absolute atomic E-state index is 0.340. The zero-order valence-electron chi connectivity index (χ0n) is 11.2. The molecular formula is C17H13NO3. The van der Waals surface area contributed by atoms with E-state index in [-0.39, 0.29) is 6.61 Å². The fraction of sp³-hybridized carbons (Fsp3) is 0.0588. The van der Waals surface area contributed by atoms with Gasteiger partial charge in [0.2, 0.25) is 0 Å². The number of para-hydroxylation sites is 1. The van der Waals surface area contributed by atoms with Gasteiger partial charge in [-0.2, -0.15) is 0 Å². The van der Waals surface area contributed by atoms with Crippen molar-refractivity contribution in [2.75, 3.05) is 6.61 Å². The number of aromatic nitrogens is 1. The summed E-state index contributed by atoms with van der Waals surface area (Å²) in [5, 5.41) is 9.67. The van der Waals surface area contributed by atoms with Crippen molar-refractivity contribution in [1.82, 2.24) is 4.98 Å². The third-order valence-electron chi connectivity index (χ3n) is 3.11. The molecule has 0 unspecified atom stereocenters. The lowest BCUT2D eigenvalue weighted by Gasteiger charge is -2.06. The van der Waals surface area contributed by atoms with Crippen molar-refractivity contribution in [3.8, 4) is 17.0 Å². The highest BCUT2D eigenvalue weighted by Crippen LogP contribution is 2.23. The van der Waals surface area contributed by atoms with Crippen LogP contribution in [0.3, 0.4) is 0 Å². The number of aliphatic carboxylic acids is 1. The number of rotatable bonds is 4. The molecule has 0 fully saturated rings. The van der Waals surface area contributed by atoms with Crippen molar-refractivity contribution < 1.29 is 14.6 Å². The Labute approximate surface area is 121 Å². The molecule has 104 valence electrons. The SMILES string of the molecule is O=C(O)COc1ccc(-c2ccc3ccccc3n2)cc1. The van der Waals surface area contributed by atoms with E-state index in [1.54, 1.807) is 12.1 Å². The van der Waals surface area contributed by atoms with Crippen molar-refractivity contribution in [2.24, 2.45) is 0 Å². The molecule has 0 saturated heterocycles. The van der Waals surface area contributed by atoms with Crippen LogP contribution in [-0.4, -0.2) is 22.7 Å². The molecule has 0 aliphatic rings. The molecule has 0 saturated carbocycles. The Balaban J connectivity index is 1.86. The lowest BCUT2D eigenvalue weighted by atomic mass is 10.1. The predicted octanol–water partition coefficient (Wildman–Crippen LogP) is 3.37. The van der Waals surface area contributed by atoms with Gasteiger partial charge in [-0.05, 0) is 36.4 Å². The fourth-order valence-corrected chi connectivity index (χ4v) is 2.09. The van der Waals surface area contributed by atoms with E-state index in [4.69, 9.17) is 9.84 Å². The number of hydrogen-bond donors (Lipinski definition) is 1. The Hall–Kier alpha value is -2.88. The summed E-state index contributed by atoms with van der Waals surface area (Å²) in [6, 6.07) is 19.2. The summed E-state index contributed by atoms with van der Waals surface area (Å²) in [6.45, 7) is -0.340. The maximum Gasteiger partial charge on any atom is 0.341 e. The van der Waals surface area contributed by atoms with Crippen LogP contribution in [-0.2, 0) is 4.79 Å². The molecule has 4 heteroatoms. The van der Waals surface area contributed by atoms with Crippen molar-refractivity contribution in [3.63, 3.8) is 0 Å². The summed E-state index contributed by atoms with van der Waals surface area (Å²) in [7, 11) is 0. The monoisotopic (exact) mass is 279 g/mol. The Kier molecular flexibility index (Phi) is 3.51. The maximum absolute atomic E-state index is 10.5. The van der Waals surface area contributed by atoms with Crippen LogP contribution in [0.4, 0.5) is 0 Å². The van der Waals surface area contributed by atoms with E-state index in [2.05, 4.69) is 4.98 Å². The second-order valence-electron chi connectivity index (χ2n) is 4.60. The van der Waals surface area contributed by atoms with Gasteiger partial charge in [0, 0.05) is 10.9 Å². The van der Waals surface area contributed by atoms with Gasteiger partial charge in [0.15, 0.2) is 6.61 Å². The van der Waals surface area contributed by atoms with Crippen LogP contribution >= 0.6 is 0 Å². The largest absolute Gasteiger partial charge is 0.482 e. The highest BCUT2D eigenvalue weighted by atomic mass is 16.5. The number of pyridine rings is 1. The summed E-state index contributed by atoms with van der Waals surface area (Å²) in [5.74, 6) is -0.461. The molecule has 0 atom stereocenters. The number of hydrogen-bond acceptors (Lipinski definition) is 3. The summed E-state index contributed by atoms with van der Waals surface area (Å²) in [4.78, 5) is 15.1.